The van der Waals surface area contributed by atoms with E-state index in [1.54, 1.807) is 37.3 Å². The first kappa shape index (κ1) is 24.3. The van der Waals surface area contributed by atoms with Crippen molar-refractivity contribution in [3.63, 3.8) is 0 Å². The molecule has 3 rings (SSSR count). The van der Waals surface area contributed by atoms with Crippen molar-refractivity contribution in [3.8, 4) is 0 Å². The number of hydrogen-bond acceptors (Lipinski definition) is 3. The number of carbonyl (C=O) groups is 1. The topological polar surface area (TPSA) is 66.5 Å². The summed E-state index contributed by atoms with van der Waals surface area (Å²) in [6, 6.07) is 11.7. The summed E-state index contributed by atoms with van der Waals surface area (Å²) in [5.74, 6) is -0.521. The van der Waals surface area contributed by atoms with Crippen LogP contribution in [0, 0.1) is 0 Å². The van der Waals surface area contributed by atoms with Gasteiger partial charge in [-0.3, -0.25) is 4.79 Å². The molecule has 2 aromatic rings. The number of sulfonamides is 1. The zero-order valence-corrected chi connectivity index (χ0v) is 18.6. The molecular weight excluding hydrogens is 441 g/mol. The average molecular weight is 469 g/mol. The number of nitrogens with one attached hydrogen (secondary N) is 1. The molecule has 0 bridgehead atoms. The van der Waals surface area contributed by atoms with E-state index in [4.69, 9.17) is 0 Å². The Labute approximate surface area is 186 Å². The second-order valence-electron chi connectivity index (χ2n) is 8.03. The standard InChI is InChI=1S/C23H27F3N2O3S/c1-17(18-10-4-2-5-11-18)28(16-22(29)27-19-12-6-3-7-13-19)32(30,31)21-15-9-8-14-20(21)23(24,25)26/h2,4-5,8-11,14-15,17,19H,3,6-7,12-13,16H2,1H3,(H,27,29)/t17-/m1/s1. The smallest absolute Gasteiger partial charge is 0.352 e. The fourth-order valence-corrected chi connectivity index (χ4v) is 5.83. The van der Waals surface area contributed by atoms with E-state index in [0.717, 1.165) is 54.6 Å². The van der Waals surface area contributed by atoms with Crippen LogP contribution in [0.15, 0.2) is 59.5 Å². The number of amides is 1. The predicted octanol–water partition coefficient (Wildman–Crippen LogP) is 4.91. The van der Waals surface area contributed by atoms with Gasteiger partial charge >= 0.3 is 6.18 Å². The van der Waals surface area contributed by atoms with Crippen LogP contribution in [0.2, 0.25) is 0 Å². The van der Waals surface area contributed by atoms with Gasteiger partial charge in [-0.15, -0.1) is 0 Å². The highest BCUT2D eigenvalue weighted by atomic mass is 32.2. The lowest BCUT2D eigenvalue weighted by molar-refractivity contribution is -0.139. The molecule has 1 saturated carbocycles. The first-order valence-electron chi connectivity index (χ1n) is 10.6. The van der Waals surface area contributed by atoms with Crippen molar-refractivity contribution in [2.45, 2.75) is 62.2 Å². The Balaban J connectivity index is 1.97. The highest BCUT2D eigenvalue weighted by molar-refractivity contribution is 7.89. The SMILES string of the molecule is C[C@H](c1ccccc1)N(CC(=O)NC1CCCCC1)S(=O)(=O)c1ccccc1C(F)(F)F. The summed E-state index contributed by atoms with van der Waals surface area (Å²) in [5, 5.41) is 2.86. The molecule has 5 nitrogen and oxygen atoms in total. The molecule has 1 atom stereocenters. The first-order chi connectivity index (χ1) is 15.1. The van der Waals surface area contributed by atoms with E-state index >= 15 is 0 Å². The van der Waals surface area contributed by atoms with Gasteiger partial charge < -0.3 is 5.32 Å². The molecule has 9 heteroatoms. The minimum absolute atomic E-state index is 0.0460. The quantitative estimate of drug-likeness (QED) is 0.628. The molecule has 1 fully saturated rings. The van der Waals surface area contributed by atoms with Crippen LogP contribution in [-0.2, 0) is 21.0 Å². The van der Waals surface area contributed by atoms with E-state index in [9.17, 15) is 26.4 Å². The summed E-state index contributed by atoms with van der Waals surface area (Å²) in [6.45, 7) is 0.998. The van der Waals surface area contributed by atoms with Gasteiger partial charge in [-0.1, -0.05) is 61.7 Å². The number of halogens is 3. The largest absolute Gasteiger partial charge is 0.417 e. The number of carbonyl (C=O) groups excluding carboxylic acids is 1. The molecule has 0 aromatic heterocycles. The summed E-state index contributed by atoms with van der Waals surface area (Å²) in [5.41, 5.74) is -0.677. The zero-order chi connectivity index (χ0) is 23.4. The van der Waals surface area contributed by atoms with Crippen LogP contribution < -0.4 is 5.32 Å². The van der Waals surface area contributed by atoms with E-state index in [1.165, 1.54) is 6.07 Å². The zero-order valence-electron chi connectivity index (χ0n) is 17.8. The molecule has 0 aliphatic heterocycles. The summed E-state index contributed by atoms with van der Waals surface area (Å²) < 4.78 is 68.6. The van der Waals surface area contributed by atoms with Crippen LogP contribution >= 0.6 is 0 Å². The van der Waals surface area contributed by atoms with Gasteiger partial charge in [-0.05, 0) is 37.5 Å². The van der Waals surface area contributed by atoms with Crippen LogP contribution in [0.1, 0.15) is 56.2 Å². The van der Waals surface area contributed by atoms with Gasteiger partial charge in [0.25, 0.3) is 0 Å². The average Bonchev–Trinajstić information content (AvgIpc) is 2.77. The summed E-state index contributed by atoms with van der Waals surface area (Å²) >= 11 is 0. The minimum atomic E-state index is -4.85. The van der Waals surface area contributed by atoms with E-state index in [2.05, 4.69) is 5.32 Å². The summed E-state index contributed by atoms with van der Waals surface area (Å²) in [4.78, 5) is 11.9. The highest BCUT2D eigenvalue weighted by Crippen LogP contribution is 2.37. The van der Waals surface area contributed by atoms with Crippen molar-refractivity contribution >= 4 is 15.9 Å². The number of benzene rings is 2. The maximum atomic E-state index is 13.6. The lowest BCUT2D eigenvalue weighted by Gasteiger charge is -2.30. The van der Waals surface area contributed by atoms with Crippen LogP contribution in [0.5, 0.6) is 0 Å². The molecule has 2 aromatic carbocycles. The second-order valence-corrected chi connectivity index (χ2v) is 9.89. The van der Waals surface area contributed by atoms with Crippen LogP contribution in [0.25, 0.3) is 0 Å². The van der Waals surface area contributed by atoms with E-state index in [0.29, 0.717) is 5.56 Å². The molecule has 0 spiro atoms. The number of nitrogens with zero attached hydrogens (tertiary/aromatic N) is 1. The van der Waals surface area contributed by atoms with Crippen molar-refractivity contribution in [1.29, 1.82) is 0 Å². The maximum absolute atomic E-state index is 13.6. The Morgan fingerprint density at radius 2 is 1.62 bits per heavy atom. The third-order valence-electron chi connectivity index (χ3n) is 5.76. The fourth-order valence-electron chi connectivity index (χ4n) is 4.04. The highest BCUT2D eigenvalue weighted by Gasteiger charge is 2.40. The minimum Gasteiger partial charge on any atom is -0.352 e. The number of alkyl halides is 3. The van der Waals surface area contributed by atoms with Crippen molar-refractivity contribution < 1.29 is 26.4 Å². The van der Waals surface area contributed by atoms with Gasteiger partial charge in [0, 0.05) is 12.1 Å². The molecule has 32 heavy (non-hydrogen) atoms. The monoisotopic (exact) mass is 468 g/mol. The Morgan fingerprint density at radius 3 is 2.25 bits per heavy atom. The molecule has 1 N–H and O–H groups in total. The predicted molar refractivity (Wildman–Crippen MR) is 115 cm³/mol. The van der Waals surface area contributed by atoms with Crippen molar-refractivity contribution in [1.82, 2.24) is 9.62 Å². The van der Waals surface area contributed by atoms with Crippen LogP contribution in [-0.4, -0.2) is 31.2 Å². The molecule has 0 heterocycles. The molecule has 0 unspecified atom stereocenters. The van der Waals surface area contributed by atoms with E-state index in [1.807, 2.05) is 0 Å². The van der Waals surface area contributed by atoms with Gasteiger partial charge in [0.15, 0.2) is 0 Å². The fraction of sp³-hybridized carbons (Fsp3) is 0.435. The molecule has 1 aliphatic carbocycles. The van der Waals surface area contributed by atoms with Gasteiger partial charge in [-0.25, -0.2) is 8.42 Å². The Morgan fingerprint density at radius 1 is 1.03 bits per heavy atom. The van der Waals surface area contributed by atoms with Gasteiger partial charge in [0.1, 0.15) is 0 Å². The number of hydrogen-bond donors (Lipinski definition) is 1. The second kappa shape index (κ2) is 10.0. The Kier molecular flexibility index (Phi) is 7.61. The molecule has 174 valence electrons. The molecular formula is C23H27F3N2O3S. The molecule has 1 amide bonds. The van der Waals surface area contributed by atoms with Crippen molar-refractivity contribution in [2.24, 2.45) is 0 Å². The molecule has 1 aliphatic rings. The van der Waals surface area contributed by atoms with Crippen LogP contribution in [0.4, 0.5) is 13.2 Å². The lowest BCUT2D eigenvalue weighted by atomic mass is 9.95. The number of rotatable bonds is 7. The Hall–Kier alpha value is -2.39. The third-order valence-corrected chi connectivity index (χ3v) is 7.74. The molecule has 0 saturated heterocycles. The first-order valence-corrected chi connectivity index (χ1v) is 12.1. The van der Waals surface area contributed by atoms with Gasteiger partial charge in [-0.2, -0.15) is 17.5 Å². The third kappa shape index (κ3) is 5.69. The van der Waals surface area contributed by atoms with E-state index in [-0.39, 0.29) is 6.04 Å². The van der Waals surface area contributed by atoms with E-state index < -0.39 is 45.2 Å². The summed E-state index contributed by atoms with van der Waals surface area (Å²) in [7, 11) is -4.65. The maximum Gasteiger partial charge on any atom is 0.417 e. The van der Waals surface area contributed by atoms with Crippen molar-refractivity contribution in [3.05, 3.63) is 65.7 Å². The van der Waals surface area contributed by atoms with Crippen LogP contribution in [0.3, 0.4) is 0 Å². The summed E-state index contributed by atoms with van der Waals surface area (Å²) in [6.07, 6.45) is -0.187. The van der Waals surface area contributed by atoms with Gasteiger partial charge in [0.2, 0.25) is 15.9 Å². The Bertz CT molecular complexity index is 1020. The normalized spacial score (nSPS) is 16.7. The van der Waals surface area contributed by atoms with Crippen molar-refractivity contribution in [2.75, 3.05) is 6.54 Å². The lowest BCUT2D eigenvalue weighted by Crippen LogP contribution is -2.45. The van der Waals surface area contributed by atoms with Gasteiger partial charge in [0.05, 0.1) is 17.0 Å². The molecule has 0 radical (unpaired) electrons.